The van der Waals surface area contributed by atoms with Crippen molar-refractivity contribution in [2.75, 3.05) is 0 Å². The van der Waals surface area contributed by atoms with E-state index >= 15 is 0 Å². The van der Waals surface area contributed by atoms with Crippen LogP contribution in [0.2, 0.25) is 0 Å². The van der Waals surface area contributed by atoms with Crippen LogP contribution < -0.4 is 0 Å². The van der Waals surface area contributed by atoms with Crippen molar-refractivity contribution in [2.45, 2.75) is 33.7 Å². The van der Waals surface area contributed by atoms with Crippen molar-refractivity contribution in [2.24, 2.45) is 16.1 Å². The van der Waals surface area contributed by atoms with Crippen LogP contribution in [0.5, 0.6) is 0 Å². The Balaban J connectivity index is 1.68. The summed E-state index contributed by atoms with van der Waals surface area (Å²) in [7, 11) is 0. The molecule has 4 heteroatoms. The first-order valence-electron chi connectivity index (χ1n) is 8.62. The van der Waals surface area contributed by atoms with Gasteiger partial charge in [0.15, 0.2) is 5.76 Å². The molecule has 0 N–H and O–H groups in total. The molecule has 0 spiro atoms. The third-order valence-corrected chi connectivity index (χ3v) is 4.72. The van der Waals surface area contributed by atoms with E-state index in [2.05, 4.69) is 73.4 Å². The lowest BCUT2D eigenvalue weighted by molar-refractivity contribution is 0.434. The van der Waals surface area contributed by atoms with Crippen LogP contribution in [0.1, 0.15) is 36.6 Å². The highest BCUT2D eigenvalue weighted by Gasteiger charge is 2.24. The summed E-state index contributed by atoms with van der Waals surface area (Å²) in [5.41, 5.74) is 7.45. The van der Waals surface area contributed by atoms with E-state index in [0.717, 1.165) is 28.3 Å². The summed E-state index contributed by atoms with van der Waals surface area (Å²) >= 11 is 0. The standard InChI is InChI=1S/C21H21N3O/c1-12(2)21-17-8-6-15(10-19(17)22-23-21)18-11-20(25-24-18)16-7-5-13(3)9-14(16)4/h5-12,21H,1-4H3. The van der Waals surface area contributed by atoms with Gasteiger partial charge in [0, 0.05) is 22.8 Å². The molecule has 0 fully saturated rings. The molecule has 1 aliphatic heterocycles. The summed E-state index contributed by atoms with van der Waals surface area (Å²) in [4.78, 5) is 0. The maximum Gasteiger partial charge on any atom is 0.167 e. The van der Waals surface area contributed by atoms with E-state index in [4.69, 9.17) is 4.52 Å². The number of hydrogen-bond donors (Lipinski definition) is 0. The Morgan fingerprint density at radius 1 is 1.00 bits per heavy atom. The fraction of sp³-hybridized carbons (Fsp3) is 0.286. The van der Waals surface area contributed by atoms with Gasteiger partial charge in [-0.3, -0.25) is 0 Å². The summed E-state index contributed by atoms with van der Waals surface area (Å²) < 4.78 is 5.60. The van der Waals surface area contributed by atoms with Crippen LogP contribution in [0.15, 0.2) is 57.2 Å². The fourth-order valence-corrected chi connectivity index (χ4v) is 3.35. The van der Waals surface area contributed by atoms with E-state index in [1.165, 1.54) is 16.7 Å². The molecule has 0 saturated carbocycles. The third-order valence-electron chi connectivity index (χ3n) is 4.72. The molecular formula is C21H21N3O. The normalized spacial score (nSPS) is 15.8. The Labute approximate surface area is 147 Å². The van der Waals surface area contributed by atoms with Crippen molar-refractivity contribution in [1.82, 2.24) is 5.16 Å². The van der Waals surface area contributed by atoms with Crippen molar-refractivity contribution in [3.8, 4) is 22.6 Å². The lowest BCUT2D eigenvalue weighted by atomic mass is 9.95. The molecule has 0 radical (unpaired) electrons. The molecule has 0 saturated heterocycles. The lowest BCUT2D eigenvalue weighted by Crippen LogP contribution is -2.00. The summed E-state index contributed by atoms with van der Waals surface area (Å²) in [6, 6.07) is 14.7. The van der Waals surface area contributed by atoms with Gasteiger partial charge in [-0.05, 0) is 31.4 Å². The molecule has 1 aliphatic rings. The smallest absolute Gasteiger partial charge is 0.167 e. The highest BCUT2D eigenvalue weighted by atomic mass is 16.5. The molecule has 2 aromatic carbocycles. The number of aromatic nitrogens is 1. The molecule has 3 aromatic rings. The van der Waals surface area contributed by atoms with Gasteiger partial charge < -0.3 is 4.52 Å². The third kappa shape index (κ3) is 2.78. The van der Waals surface area contributed by atoms with Gasteiger partial charge >= 0.3 is 0 Å². The molecule has 0 bridgehead atoms. The molecule has 1 aromatic heterocycles. The van der Waals surface area contributed by atoms with Crippen molar-refractivity contribution in [3.63, 3.8) is 0 Å². The van der Waals surface area contributed by atoms with Gasteiger partial charge in [-0.15, -0.1) is 0 Å². The number of rotatable bonds is 3. The van der Waals surface area contributed by atoms with E-state index in [1.807, 2.05) is 12.1 Å². The SMILES string of the molecule is Cc1ccc(-c2cc(-c3ccc4c(c3)N=NC4C(C)C)no2)c(C)c1. The van der Waals surface area contributed by atoms with Gasteiger partial charge in [0.25, 0.3) is 0 Å². The first kappa shape index (κ1) is 15.8. The quantitative estimate of drug-likeness (QED) is 0.556. The molecule has 0 aliphatic carbocycles. The highest BCUT2D eigenvalue weighted by molar-refractivity contribution is 5.71. The molecule has 25 heavy (non-hydrogen) atoms. The van der Waals surface area contributed by atoms with Crippen molar-refractivity contribution in [3.05, 3.63) is 59.2 Å². The van der Waals surface area contributed by atoms with Crippen LogP contribution in [0.3, 0.4) is 0 Å². The Morgan fingerprint density at radius 2 is 1.84 bits per heavy atom. The van der Waals surface area contributed by atoms with Crippen LogP contribution in [0.4, 0.5) is 5.69 Å². The predicted octanol–water partition coefficient (Wildman–Crippen LogP) is 6.42. The fourth-order valence-electron chi connectivity index (χ4n) is 3.35. The maximum atomic E-state index is 5.60. The number of benzene rings is 2. The largest absolute Gasteiger partial charge is 0.356 e. The molecule has 1 unspecified atom stereocenters. The van der Waals surface area contributed by atoms with Crippen molar-refractivity contribution >= 4 is 5.69 Å². The van der Waals surface area contributed by atoms with Gasteiger partial charge in [-0.1, -0.05) is 54.9 Å². The number of nitrogens with zero attached hydrogens (tertiary/aromatic N) is 3. The van der Waals surface area contributed by atoms with E-state index in [-0.39, 0.29) is 6.04 Å². The second-order valence-corrected chi connectivity index (χ2v) is 7.07. The molecular weight excluding hydrogens is 310 g/mol. The monoisotopic (exact) mass is 331 g/mol. The van der Waals surface area contributed by atoms with Crippen LogP contribution in [0, 0.1) is 19.8 Å². The average Bonchev–Trinajstić information content (AvgIpc) is 3.21. The second-order valence-electron chi connectivity index (χ2n) is 7.07. The Bertz CT molecular complexity index is 969. The first-order chi connectivity index (χ1) is 12.0. The lowest BCUT2D eigenvalue weighted by Gasteiger charge is -2.11. The first-order valence-corrected chi connectivity index (χ1v) is 8.62. The van der Waals surface area contributed by atoms with E-state index < -0.39 is 0 Å². The highest BCUT2D eigenvalue weighted by Crippen LogP contribution is 2.42. The Hall–Kier alpha value is -2.75. The number of aryl methyl sites for hydroxylation is 2. The van der Waals surface area contributed by atoms with E-state index in [9.17, 15) is 0 Å². The molecule has 4 rings (SSSR count). The Morgan fingerprint density at radius 3 is 2.60 bits per heavy atom. The number of hydrogen-bond acceptors (Lipinski definition) is 4. The average molecular weight is 331 g/mol. The van der Waals surface area contributed by atoms with Gasteiger partial charge in [0.1, 0.15) is 11.7 Å². The number of fused-ring (bicyclic) bond motifs is 1. The topological polar surface area (TPSA) is 50.8 Å². The molecule has 1 atom stereocenters. The van der Waals surface area contributed by atoms with Crippen molar-refractivity contribution < 1.29 is 4.52 Å². The van der Waals surface area contributed by atoms with Crippen molar-refractivity contribution in [1.29, 1.82) is 0 Å². The molecule has 0 amide bonds. The minimum absolute atomic E-state index is 0.159. The van der Waals surface area contributed by atoms with Gasteiger partial charge in [0.2, 0.25) is 0 Å². The predicted molar refractivity (Wildman–Crippen MR) is 98.9 cm³/mol. The zero-order valence-corrected chi connectivity index (χ0v) is 14.9. The summed E-state index contributed by atoms with van der Waals surface area (Å²) in [5, 5.41) is 13.0. The van der Waals surface area contributed by atoms with Gasteiger partial charge in [0.05, 0.1) is 5.69 Å². The Kier molecular flexibility index (Phi) is 3.75. The summed E-state index contributed by atoms with van der Waals surface area (Å²) in [6.07, 6.45) is 0. The second kappa shape index (κ2) is 5.96. The molecule has 2 heterocycles. The minimum atomic E-state index is 0.159. The minimum Gasteiger partial charge on any atom is -0.356 e. The molecule has 4 nitrogen and oxygen atoms in total. The summed E-state index contributed by atoms with van der Waals surface area (Å²) in [6.45, 7) is 8.51. The number of azo groups is 1. The zero-order chi connectivity index (χ0) is 17.6. The van der Waals surface area contributed by atoms with Crippen LogP contribution in [0.25, 0.3) is 22.6 Å². The summed E-state index contributed by atoms with van der Waals surface area (Å²) in [5.74, 6) is 1.23. The zero-order valence-electron chi connectivity index (χ0n) is 14.9. The van der Waals surface area contributed by atoms with Gasteiger partial charge in [-0.2, -0.15) is 10.2 Å². The van der Waals surface area contributed by atoms with E-state index in [1.54, 1.807) is 0 Å². The molecule has 126 valence electrons. The van der Waals surface area contributed by atoms with Gasteiger partial charge in [-0.25, -0.2) is 0 Å². The maximum absolute atomic E-state index is 5.60. The van der Waals surface area contributed by atoms with Crippen LogP contribution in [-0.2, 0) is 0 Å². The van der Waals surface area contributed by atoms with Crippen LogP contribution in [-0.4, -0.2) is 5.16 Å². The van der Waals surface area contributed by atoms with Crippen LogP contribution >= 0.6 is 0 Å². The van der Waals surface area contributed by atoms with E-state index in [0.29, 0.717) is 5.92 Å².